The summed E-state index contributed by atoms with van der Waals surface area (Å²) in [5.41, 5.74) is 4.87. The van der Waals surface area contributed by atoms with Crippen LogP contribution in [0, 0.1) is 13.8 Å². The van der Waals surface area contributed by atoms with Crippen molar-refractivity contribution in [3.63, 3.8) is 0 Å². The normalized spacial score (nSPS) is 12.0. The van der Waals surface area contributed by atoms with Gasteiger partial charge < -0.3 is 15.0 Å². The number of thiazole rings is 1. The Labute approximate surface area is 191 Å². The van der Waals surface area contributed by atoms with E-state index in [-0.39, 0.29) is 18.5 Å². The quantitative estimate of drug-likeness (QED) is 0.452. The predicted molar refractivity (Wildman–Crippen MR) is 129 cm³/mol. The van der Waals surface area contributed by atoms with Gasteiger partial charge in [-0.1, -0.05) is 35.6 Å². The van der Waals surface area contributed by atoms with Crippen molar-refractivity contribution in [1.82, 2.24) is 20.1 Å². The minimum Gasteiger partial charge on any atom is -0.497 e. The fourth-order valence-corrected chi connectivity index (χ4v) is 4.54. The van der Waals surface area contributed by atoms with Crippen molar-refractivity contribution >= 4 is 32.7 Å². The van der Waals surface area contributed by atoms with Crippen LogP contribution in [0.5, 0.6) is 5.75 Å². The molecule has 1 N–H and O–H groups in total. The minimum atomic E-state index is -0.126. The van der Waals surface area contributed by atoms with Crippen LogP contribution in [0.2, 0.25) is 0 Å². The largest absolute Gasteiger partial charge is 0.497 e. The van der Waals surface area contributed by atoms with Crippen molar-refractivity contribution in [2.75, 3.05) is 25.6 Å². The molecule has 7 nitrogen and oxygen atoms in total. The van der Waals surface area contributed by atoms with Gasteiger partial charge in [0, 0.05) is 7.05 Å². The number of nitrogens with zero attached hydrogens (tertiary/aromatic N) is 4. The lowest BCUT2D eigenvalue weighted by Gasteiger charge is -2.19. The molecular formula is C24H27N5O2S. The maximum Gasteiger partial charge on any atom is 0.240 e. The number of aryl methyl sites for hydroxylation is 2. The number of carbonyl (C=O) groups is 1. The van der Waals surface area contributed by atoms with E-state index in [0.29, 0.717) is 0 Å². The summed E-state index contributed by atoms with van der Waals surface area (Å²) < 4.78 is 8.17. The van der Waals surface area contributed by atoms with Crippen molar-refractivity contribution in [2.24, 2.45) is 0 Å². The zero-order valence-corrected chi connectivity index (χ0v) is 19.7. The maximum absolute atomic E-state index is 12.7. The molecule has 32 heavy (non-hydrogen) atoms. The second kappa shape index (κ2) is 9.00. The van der Waals surface area contributed by atoms with E-state index in [0.717, 1.165) is 38.2 Å². The molecule has 0 bridgehead atoms. The van der Waals surface area contributed by atoms with Crippen LogP contribution < -0.4 is 15.0 Å². The van der Waals surface area contributed by atoms with Gasteiger partial charge in [0.15, 0.2) is 10.8 Å². The summed E-state index contributed by atoms with van der Waals surface area (Å²) in [6, 6.07) is 15.8. The van der Waals surface area contributed by atoms with Gasteiger partial charge in [0.1, 0.15) is 5.75 Å². The summed E-state index contributed by atoms with van der Waals surface area (Å²) in [6.45, 7) is 6.22. The topological polar surface area (TPSA) is 72.3 Å². The third-order valence-electron chi connectivity index (χ3n) is 5.30. The SMILES string of the molecule is COc1cccc([C@@H](C)NC(=O)CN(C)c2nc3c(s2)c(C)nn3-c2cccc(C)c2)c1. The van der Waals surface area contributed by atoms with E-state index in [9.17, 15) is 4.79 Å². The summed E-state index contributed by atoms with van der Waals surface area (Å²) in [4.78, 5) is 19.4. The fraction of sp³-hybridized carbons (Fsp3) is 0.292. The molecule has 0 radical (unpaired) electrons. The number of rotatable bonds is 7. The first kappa shape index (κ1) is 21.8. The molecule has 0 aliphatic heterocycles. The Morgan fingerprint density at radius 1 is 1.22 bits per heavy atom. The van der Waals surface area contributed by atoms with Gasteiger partial charge >= 0.3 is 0 Å². The lowest BCUT2D eigenvalue weighted by Crippen LogP contribution is -2.36. The Hall–Kier alpha value is -3.39. The fourth-order valence-electron chi connectivity index (χ4n) is 3.59. The van der Waals surface area contributed by atoms with E-state index in [1.807, 2.05) is 66.9 Å². The van der Waals surface area contributed by atoms with Crippen LogP contribution in [0.4, 0.5) is 5.13 Å². The second-order valence-corrected chi connectivity index (χ2v) is 8.88. The van der Waals surface area contributed by atoms with E-state index >= 15 is 0 Å². The first-order chi connectivity index (χ1) is 15.4. The number of fused-ring (bicyclic) bond motifs is 1. The van der Waals surface area contributed by atoms with Crippen LogP contribution in [0.25, 0.3) is 16.0 Å². The molecular weight excluding hydrogens is 422 g/mol. The first-order valence-electron chi connectivity index (χ1n) is 10.4. The van der Waals surface area contributed by atoms with Crippen LogP contribution in [0.15, 0.2) is 48.5 Å². The molecule has 0 fully saturated rings. The molecule has 8 heteroatoms. The average Bonchev–Trinajstić information content (AvgIpc) is 3.34. The van der Waals surface area contributed by atoms with Gasteiger partial charge in [-0.05, 0) is 56.2 Å². The molecule has 0 aliphatic rings. The Bertz CT molecular complexity index is 1260. The smallest absolute Gasteiger partial charge is 0.240 e. The Morgan fingerprint density at radius 3 is 2.75 bits per heavy atom. The summed E-state index contributed by atoms with van der Waals surface area (Å²) in [7, 11) is 3.52. The zero-order chi connectivity index (χ0) is 22.8. The van der Waals surface area contributed by atoms with Crippen LogP contribution in [0.3, 0.4) is 0 Å². The maximum atomic E-state index is 12.7. The van der Waals surface area contributed by atoms with Gasteiger partial charge in [0.2, 0.25) is 5.91 Å². The number of hydrogen-bond donors (Lipinski definition) is 1. The van der Waals surface area contributed by atoms with Crippen LogP contribution in [0.1, 0.15) is 29.8 Å². The number of aromatic nitrogens is 3. The Morgan fingerprint density at radius 2 is 2.00 bits per heavy atom. The molecule has 0 spiro atoms. The zero-order valence-electron chi connectivity index (χ0n) is 18.9. The molecule has 2 aromatic carbocycles. The van der Waals surface area contributed by atoms with Crippen molar-refractivity contribution in [2.45, 2.75) is 26.8 Å². The number of anilines is 1. The predicted octanol–water partition coefficient (Wildman–Crippen LogP) is 4.42. The average molecular weight is 450 g/mol. The van der Waals surface area contributed by atoms with E-state index in [4.69, 9.17) is 9.72 Å². The second-order valence-electron chi connectivity index (χ2n) is 7.91. The van der Waals surface area contributed by atoms with Gasteiger partial charge in [-0.2, -0.15) is 10.1 Å². The van der Waals surface area contributed by atoms with Gasteiger partial charge in [0.25, 0.3) is 0 Å². The molecule has 4 aromatic rings. The third kappa shape index (κ3) is 4.45. The molecule has 166 valence electrons. The number of methoxy groups -OCH3 is 1. The van der Waals surface area contributed by atoms with Gasteiger partial charge in [0.05, 0.1) is 35.8 Å². The number of amides is 1. The van der Waals surface area contributed by atoms with Gasteiger partial charge in [-0.25, -0.2) is 4.68 Å². The van der Waals surface area contributed by atoms with Crippen molar-refractivity contribution in [3.8, 4) is 11.4 Å². The van der Waals surface area contributed by atoms with Crippen LogP contribution >= 0.6 is 11.3 Å². The lowest BCUT2D eigenvalue weighted by atomic mass is 10.1. The molecule has 1 amide bonds. The van der Waals surface area contributed by atoms with Crippen molar-refractivity contribution in [3.05, 3.63) is 65.4 Å². The first-order valence-corrected chi connectivity index (χ1v) is 11.2. The molecule has 0 unspecified atom stereocenters. The summed E-state index contributed by atoms with van der Waals surface area (Å²) in [5, 5.41) is 8.50. The third-order valence-corrected chi connectivity index (χ3v) is 6.57. The van der Waals surface area contributed by atoms with E-state index in [1.165, 1.54) is 5.56 Å². The van der Waals surface area contributed by atoms with Crippen LogP contribution in [-0.2, 0) is 4.79 Å². The minimum absolute atomic E-state index is 0.0703. The number of likely N-dealkylation sites (N-methyl/N-ethyl adjacent to an activating group) is 1. The Balaban J connectivity index is 1.49. The molecule has 0 saturated carbocycles. The van der Waals surface area contributed by atoms with Crippen LogP contribution in [-0.4, -0.2) is 41.4 Å². The number of hydrogen-bond acceptors (Lipinski definition) is 6. The highest BCUT2D eigenvalue weighted by molar-refractivity contribution is 7.22. The standard InChI is InChI=1S/C24H27N5O2S/c1-15-8-6-10-19(12-15)29-23-22(17(3)27-29)32-24(26-23)28(4)14-21(30)25-16(2)18-9-7-11-20(13-18)31-5/h6-13,16H,14H2,1-5H3,(H,25,30)/t16-/m1/s1. The molecule has 0 aliphatic carbocycles. The van der Waals surface area contributed by atoms with Gasteiger partial charge in [-0.15, -0.1) is 0 Å². The van der Waals surface area contributed by atoms with Gasteiger partial charge in [-0.3, -0.25) is 4.79 Å². The number of carbonyl (C=O) groups excluding carboxylic acids is 1. The molecule has 2 heterocycles. The van der Waals surface area contributed by atoms with E-state index in [1.54, 1.807) is 18.4 Å². The van der Waals surface area contributed by atoms with Crippen molar-refractivity contribution in [1.29, 1.82) is 0 Å². The number of benzene rings is 2. The summed E-state index contributed by atoms with van der Waals surface area (Å²) in [6.07, 6.45) is 0. The number of nitrogens with one attached hydrogen (secondary N) is 1. The summed E-state index contributed by atoms with van der Waals surface area (Å²) >= 11 is 1.55. The molecule has 0 saturated heterocycles. The molecule has 1 atom stereocenters. The highest BCUT2D eigenvalue weighted by atomic mass is 32.1. The van der Waals surface area contributed by atoms with E-state index < -0.39 is 0 Å². The number of ether oxygens (including phenoxy) is 1. The molecule has 4 rings (SSSR count). The summed E-state index contributed by atoms with van der Waals surface area (Å²) in [5.74, 6) is 0.701. The highest BCUT2D eigenvalue weighted by Gasteiger charge is 2.19. The molecule has 2 aromatic heterocycles. The highest BCUT2D eigenvalue weighted by Crippen LogP contribution is 2.32. The lowest BCUT2D eigenvalue weighted by molar-refractivity contribution is -0.120. The monoisotopic (exact) mass is 449 g/mol. The van der Waals surface area contributed by atoms with E-state index in [2.05, 4.69) is 29.5 Å². The Kier molecular flexibility index (Phi) is 6.14. The van der Waals surface area contributed by atoms with Crippen molar-refractivity contribution < 1.29 is 9.53 Å².